The quantitative estimate of drug-likeness (QED) is 0.922. The maximum absolute atomic E-state index is 5.80. The Morgan fingerprint density at radius 1 is 1.19 bits per heavy atom. The number of rotatable bonds is 4. The summed E-state index contributed by atoms with van der Waals surface area (Å²) in [6.07, 6.45) is 0.950. The van der Waals surface area contributed by atoms with Gasteiger partial charge in [-0.2, -0.15) is 0 Å². The summed E-state index contributed by atoms with van der Waals surface area (Å²) in [7, 11) is 0. The fourth-order valence-corrected chi connectivity index (χ4v) is 3.76. The van der Waals surface area contributed by atoms with Crippen LogP contribution in [0.3, 0.4) is 0 Å². The van der Waals surface area contributed by atoms with E-state index in [9.17, 15) is 0 Å². The second-order valence-electron chi connectivity index (χ2n) is 6.02. The number of thiophene rings is 1. The maximum Gasteiger partial charge on any atom is 0.162 e. The lowest BCUT2D eigenvalue weighted by Crippen LogP contribution is -2.18. The van der Waals surface area contributed by atoms with Crippen molar-refractivity contribution in [2.45, 2.75) is 33.7 Å². The van der Waals surface area contributed by atoms with Crippen molar-refractivity contribution >= 4 is 21.4 Å². The Morgan fingerprint density at radius 3 is 2.62 bits per heavy atom. The third kappa shape index (κ3) is 3.16. The predicted molar refractivity (Wildman–Crippen MR) is 88.7 cm³/mol. The molecule has 3 rings (SSSR count). The third-order valence-corrected chi connectivity index (χ3v) is 5.00. The molecule has 1 aromatic heterocycles. The Labute approximate surface area is 130 Å². The normalized spacial score (nSPS) is 14.7. The Kier molecular flexibility index (Phi) is 4.36. The van der Waals surface area contributed by atoms with Crippen molar-refractivity contribution in [3.05, 3.63) is 22.6 Å². The van der Waals surface area contributed by atoms with Crippen LogP contribution in [0.15, 0.2) is 12.1 Å². The molecule has 0 unspecified atom stereocenters. The first-order valence-corrected chi connectivity index (χ1v) is 8.49. The lowest BCUT2D eigenvalue weighted by molar-refractivity contribution is 0.297. The zero-order chi connectivity index (χ0) is 14.8. The van der Waals surface area contributed by atoms with Crippen LogP contribution >= 0.6 is 11.3 Å². The highest BCUT2D eigenvalue weighted by Crippen LogP contribution is 2.40. The summed E-state index contributed by atoms with van der Waals surface area (Å²) in [4.78, 5) is 1.41. The van der Waals surface area contributed by atoms with Crippen LogP contribution in [0.5, 0.6) is 11.5 Å². The number of nitrogens with one attached hydrogen (secondary N) is 1. The van der Waals surface area contributed by atoms with Gasteiger partial charge >= 0.3 is 0 Å². The minimum atomic E-state index is 0.678. The molecule has 0 fully saturated rings. The van der Waals surface area contributed by atoms with Crippen molar-refractivity contribution in [1.82, 2.24) is 5.32 Å². The van der Waals surface area contributed by atoms with Crippen molar-refractivity contribution in [3.8, 4) is 11.5 Å². The molecule has 2 aromatic rings. The number of benzene rings is 1. The summed E-state index contributed by atoms with van der Waals surface area (Å²) in [5, 5.41) is 4.83. The zero-order valence-corrected chi connectivity index (χ0v) is 13.8. The van der Waals surface area contributed by atoms with Crippen molar-refractivity contribution < 1.29 is 9.47 Å². The second kappa shape index (κ2) is 6.24. The maximum atomic E-state index is 5.80. The molecule has 0 saturated carbocycles. The first-order valence-electron chi connectivity index (χ1n) is 7.67. The molecule has 0 amide bonds. The second-order valence-corrected chi connectivity index (χ2v) is 7.16. The van der Waals surface area contributed by atoms with Crippen molar-refractivity contribution in [2.75, 3.05) is 19.8 Å². The van der Waals surface area contributed by atoms with E-state index < -0.39 is 0 Å². The molecule has 1 N–H and O–H groups in total. The summed E-state index contributed by atoms with van der Waals surface area (Å²) < 4.78 is 12.9. The minimum absolute atomic E-state index is 0.678. The summed E-state index contributed by atoms with van der Waals surface area (Å²) in [5.74, 6) is 2.46. The number of aryl methyl sites for hydroxylation is 1. The van der Waals surface area contributed by atoms with Gasteiger partial charge in [0.05, 0.1) is 13.2 Å². The Bertz CT molecular complexity index is 633. The van der Waals surface area contributed by atoms with Crippen LogP contribution in [0.1, 0.15) is 30.7 Å². The third-order valence-electron chi connectivity index (χ3n) is 3.74. The Hall–Kier alpha value is -1.26. The van der Waals surface area contributed by atoms with E-state index in [0.717, 1.165) is 44.2 Å². The van der Waals surface area contributed by atoms with Gasteiger partial charge in [0.15, 0.2) is 11.5 Å². The molecule has 4 heteroatoms. The first-order chi connectivity index (χ1) is 10.1. The monoisotopic (exact) mass is 305 g/mol. The molecule has 0 aliphatic carbocycles. The highest BCUT2D eigenvalue weighted by Gasteiger charge is 2.15. The average molecular weight is 305 g/mol. The topological polar surface area (TPSA) is 30.5 Å². The molecular weight excluding hydrogens is 282 g/mol. The van der Waals surface area contributed by atoms with E-state index in [1.807, 2.05) is 11.3 Å². The SMILES string of the molecule is Cc1c(CNCC(C)C)sc2cc3c(cc12)OCCCO3. The van der Waals surface area contributed by atoms with E-state index >= 15 is 0 Å². The zero-order valence-electron chi connectivity index (χ0n) is 13.0. The van der Waals surface area contributed by atoms with E-state index in [1.165, 1.54) is 20.5 Å². The molecule has 1 aromatic carbocycles. The average Bonchev–Trinajstić information content (AvgIpc) is 2.63. The van der Waals surface area contributed by atoms with Gasteiger partial charge in [-0.25, -0.2) is 0 Å². The van der Waals surface area contributed by atoms with Gasteiger partial charge in [-0.3, -0.25) is 0 Å². The fraction of sp³-hybridized carbons (Fsp3) is 0.529. The highest BCUT2D eigenvalue weighted by atomic mass is 32.1. The van der Waals surface area contributed by atoms with Crippen LogP contribution < -0.4 is 14.8 Å². The number of hydrogen-bond donors (Lipinski definition) is 1. The number of fused-ring (bicyclic) bond motifs is 2. The molecule has 0 spiro atoms. The number of hydrogen-bond acceptors (Lipinski definition) is 4. The van der Waals surface area contributed by atoms with E-state index in [-0.39, 0.29) is 0 Å². The molecule has 0 radical (unpaired) electrons. The smallest absolute Gasteiger partial charge is 0.162 e. The standard InChI is InChI=1S/C17H23NO2S/c1-11(2)9-18-10-17-12(3)13-7-14-15(8-16(13)21-17)20-6-4-5-19-14/h7-8,11,18H,4-6,9-10H2,1-3H3. The largest absolute Gasteiger partial charge is 0.490 e. The lowest BCUT2D eigenvalue weighted by atomic mass is 10.1. The van der Waals surface area contributed by atoms with Gasteiger partial charge < -0.3 is 14.8 Å². The van der Waals surface area contributed by atoms with E-state index in [2.05, 4.69) is 38.2 Å². The van der Waals surface area contributed by atoms with Gasteiger partial charge in [0.1, 0.15) is 0 Å². The molecule has 114 valence electrons. The fourth-order valence-electron chi connectivity index (χ4n) is 2.57. The van der Waals surface area contributed by atoms with Crippen LogP contribution in [-0.2, 0) is 6.54 Å². The van der Waals surface area contributed by atoms with Crippen LogP contribution in [0.4, 0.5) is 0 Å². The lowest BCUT2D eigenvalue weighted by Gasteiger charge is -2.07. The van der Waals surface area contributed by atoms with E-state index in [0.29, 0.717) is 5.92 Å². The van der Waals surface area contributed by atoms with Crippen molar-refractivity contribution in [3.63, 3.8) is 0 Å². The minimum Gasteiger partial charge on any atom is -0.490 e. The van der Waals surface area contributed by atoms with Crippen LogP contribution in [0.2, 0.25) is 0 Å². The van der Waals surface area contributed by atoms with Crippen LogP contribution in [-0.4, -0.2) is 19.8 Å². The van der Waals surface area contributed by atoms with Gasteiger partial charge in [-0.15, -0.1) is 11.3 Å². The molecule has 1 aliphatic rings. The van der Waals surface area contributed by atoms with Crippen LogP contribution in [0.25, 0.3) is 10.1 Å². The summed E-state index contributed by atoms with van der Waals surface area (Å²) in [6.45, 7) is 10.1. The van der Waals surface area contributed by atoms with Crippen molar-refractivity contribution in [1.29, 1.82) is 0 Å². The van der Waals surface area contributed by atoms with Gasteiger partial charge in [-0.1, -0.05) is 13.8 Å². The molecule has 21 heavy (non-hydrogen) atoms. The summed E-state index contributed by atoms with van der Waals surface area (Å²) in [5.41, 5.74) is 1.36. The molecule has 0 atom stereocenters. The molecule has 0 saturated heterocycles. The Morgan fingerprint density at radius 2 is 1.90 bits per heavy atom. The summed E-state index contributed by atoms with van der Waals surface area (Å²) >= 11 is 1.86. The molecule has 1 aliphatic heterocycles. The highest BCUT2D eigenvalue weighted by molar-refractivity contribution is 7.19. The van der Waals surface area contributed by atoms with Gasteiger partial charge in [0.25, 0.3) is 0 Å². The van der Waals surface area contributed by atoms with Gasteiger partial charge in [0, 0.05) is 28.6 Å². The molecule has 2 heterocycles. The summed E-state index contributed by atoms with van der Waals surface area (Å²) in [6, 6.07) is 4.29. The first kappa shape index (κ1) is 14.7. The van der Waals surface area contributed by atoms with E-state index in [4.69, 9.17) is 9.47 Å². The molecule has 3 nitrogen and oxygen atoms in total. The van der Waals surface area contributed by atoms with Crippen molar-refractivity contribution in [2.24, 2.45) is 5.92 Å². The van der Waals surface area contributed by atoms with E-state index in [1.54, 1.807) is 0 Å². The van der Waals surface area contributed by atoms with Gasteiger partial charge in [0.2, 0.25) is 0 Å². The molecular formula is C17H23NO2S. The predicted octanol–water partition coefficient (Wildman–Crippen LogP) is 4.12. The van der Waals surface area contributed by atoms with Gasteiger partial charge in [-0.05, 0) is 36.4 Å². The number of ether oxygens (including phenoxy) is 2. The Balaban J connectivity index is 1.89. The van der Waals surface area contributed by atoms with Crippen LogP contribution in [0, 0.1) is 12.8 Å². The molecule has 0 bridgehead atoms.